The molecular formula is C12H16BrClO4S. The van der Waals surface area contributed by atoms with Crippen LogP contribution < -0.4 is 9.47 Å². The standard InChI is InChI=1S/C12H16BrClO4S/c1-12(2,8-19(14,15)16)7-18-11-9(13)5-4-6-10(11)17-3/h4-6H,7-8H2,1-3H3. The number of hydrogen-bond acceptors (Lipinski definition) is 4. The van der Waals surface area contributed by atoms with Gasteiger partial charge in [0.25, 0.3) is 0 Å². The van der Waals surface area contributed by atoms with Crippen LogP contribution in [0.15, 0.2) is 22.7 Å². The summed E-state index contributed by atoms with van der Waals surface area (Å²) in [5.74, 6) is 0.970. The Bertz CT molecular complexity index is 543. The fraction of sp³-hybridized carbons (Fsp3) is 0.500. The second-order valence-corrected chi connectivity index (χ2v) is 8.54. The maximum absolute atomic E-state index is 11.1. The Hall–Kier alpha value is -0.460. The van der Waals surface area contributed by atoms with Gasteiger partial charge < -0.3 is 9.47 Å². The van der Waals surface area contributed by atoms with Gasteiger partial charge in [-0.05, 0) is 28.1 Å². The van der Waals surface area contributed by atoms with Gasteiger partial charge >= 0.3 is 0 Å². The first-order valence-electron chi connectivity index (χ1n) is 5.52. The summed E-state index contributed by atoms with van der Waals surface area (Å²) in [5.41, 5.74) is -0.596. The molecule has 7 heteroatoms. The van der Waals surface area contributed by atoms with Gasteiger partial charge in [0, 0.05) is 16.1 Å². The molecule has 0 aromatic heterocycles. The molecule has 0 amide bonds. The van der Waals surface area contributed by atoms with Gasteiger partial charge in [-0.3, -0.25) is 0 Å². The normalized spacial score (nSPS) is 12.3. The van der Waals surface area contributed by atoms with Crippen molar-refractivity contribution in [3.05, 3.63) is 22.7 Å². The molecule has 1 aromatic rings. The van der Waals surface area contributed by atoms with Crippen molar-refractivity contribution in [1.82, 2.24) is 0 Å². The molecule has 0 radical (unpaired) electrons. The molecule has 1 rings (SSSR count). The molecule has 0 aliphatic carbocycles. The average molecular weight is 372 g/mol. The molecule has 0 heterocycles. The lowest BCUT2D eigenvalue weighted by Gasteiger charge is -2.24. The van der Waals surface area contributed by atoms with Gasteiger partial charge in [-0.15, -0.1) is 0 Å². The summed E-state index contributed by atoms with van der Waals surface area (Å²) in [6, 6.07) is 5.42. The number of halogens is 2. The van der Waals surface area contributed by atoms with Gasteiger partial charge in [0.2, 0.25) is 9.05 Å². The predicted molar refractivity (Wildman–Crippen MR) is 79.6 cm³/mol. The van der Waals surface area contributed by atoms with E-state index in [2.05, 4.69) is 15.9 Å². The van der Waals surface area contributed by atoms with Gasteiger partial charge in [-0.2, -0.15) is 0 Å². The van der Waals surface area contributed by atoms with Crippen molar-refractivity contribution in [1.29, 1.82) is 0 Å². The quantitative estimate of drug-likeness (QED) is 0.719. The summed E-state index contributed by atoms with van der Waals surface area (Å²) in [6.45, 7) is 3.75. The molecule has 108 valence electrons. The van der Waals surface area contributed by atoms with E-state index in [9.17, 15) is 8.42 Å². The van der Waals surface area contributed by atoms with Crippen LogP contribution in [0.25, 0.3) is 0 Å². The van der Waals surface area contributed by atoms with E-state index < -0.39 is 14.5 Å². The molecule has 0 atom stereocenters. The number of benzene rings is 1. The van der Waals surface area contributed by atoms with Crippen LogP contribution in [0.1, 0.15) is 13.8 Å². The molecule has 0 N–H and O–H groups in total. The first-order chi connectivity index (χ1) is 8.64. The van der Waals surface area contributed by atoms with E-state index in [4.69, 9.17) is 20.2 Å². The first kappa shape index (κ1) is 16.6. The minimum Gasteiger partial charge on any atom is -0.493 e. The van der Waals surface area contributed by atoms with Crippen LogP contribution in [0, 0.1) is 5.41 Å². The predicted octanol–water partition coefficient (Wildman–Crippen LogP) is 3.43. The molecular weight excluding hydrogens is 356 g/mol. The molecule has 0 fully saturated rings. The Morgan fingerprint density at radius 3 is 2.53 bits per heavy atom. The maximum Gasteiger partial charge on any atom is 0.233 e. The van der Waals surface area contributed by atoms with Gasteiger partial charge in [0.15, 0.2) is 11.5 Å². The van der Waals surface area contributed by atoms with E-state index in [1.807, 2.05) is 12.1 Å². The third kappa shape index (κ3) is 5.58. The molecule has 0 bridgehead atoms. The molecule has 0 saturated carbocycles. The molecule has 1 aromatic carbocycles. The highest BCUT2D eigenvalue weighted by molar-refractivity contribution is 9.10. The lowest BCUT2D eigenvalue weighted by atomic mass is 9.98. The average Bonchev–Trinajstić information content (AvgIpc) is 2.23. The van der Waals surface area contributed by atoms with E-state index in [-0.39, 0.29) is 12.4 Å². The van der Waals surface area contributed by atoms with Crippen LogP contribution in [0.4, 0.5) is 0 Å². The highest BCUT2D eigenvalue weighted by Crippen LogP contribution is 2.36. The van der Waals surface area contributed by atoms with Crippen LogP contribution in [-0.4, -0.2) is 27.9 Å². The third-order valence-electron chi connectivity index (χ3n) is 2.32. The number of para-hydroxylation sites is 1. The SMILES string of the molecule is COc1cccc(Br)c1OCC(C)(C)CS(=O)(=O)Cl. The second-order valence-electron chi connectivity index (χ2n) is 4.91. The zero-order valence-corrected chi connectivity index (χ0v) is 14.1. The smallest absolute Gasteiger partial charge is 0.233 e. The van der Waals surface area contributed by atoms with Crippen LogP contribution in [0.3, 0.4) is 0 Å². The summed E-state index contributed by atoms with van der Waals surface area (Å²) < 4.78 is 33.9. The summed E-state index contributed by atoms with van der Waals surface area (Å²) in [6.07, 6.45) is 0. The highest BCUT2D eigenvalue weighted by atomic mass is 79.9. The fourth-order valence-electron chi connectivity index (χ4n) is 1.57. The molecule has 0 aliphatic rings. The van der Waals surface area contributed by atoms with Crippen LogP contribution in [0.2, 0.25) is 0 Å². The van der Waals surface area contributed by atoms with Gasteiger partial charge in [-0.25, -0.2) is 8.42 Å². The molecule has 0 saturated heterocycles. The van der Waals surface area contributed by atoms with E-state index in [0.29, 0.717) is 11.5 Å². The van der Waals surface area contributed by atoms with Crippen molar-refractivity contribution in [2.75, 3.05) is 19.5 Å². The molecule has 0 aliphatic heterocycles. The minimum atomic E-state index is -3.56. The van der Waals surface area contributed by atoms with Crippen molar-refractivity contribution < 1.29 is 17.9 Å². The lowest BCUT2D eigenvalue weighted by molar-refractivity contribution is 0.192. The summed E-state index contributed by atoms with van der Waals surface area (Å²) in [7, 11) is 3.25. The number of methoxy groups -OCH3 is 1. The summed E-state index contributed by atoms with van der Waals surface area (Å²) >= 11 is 3.37. The Balaban J connectivity index is 2.82. The van der Waals surface area contributed by atoms with Crippen LogP contribution in [-0.2, 0) is 9.05 Å². The van der Waals surface area contributed by atoms with Gasteiger partial charge in [0.1, 0.15) is 0 Å². The van der Waals surface area contributed by atoms with Gasteiger partial charge in [0.05, 0.1) is 23.9 Å². The van der Waals surface area contributed by atoms with Crippen LogP contribution in [0.5, 0.6) is 11.5 Å². The zero-order chi connectivity index (χ0) is 14.7. The second kappa shape index (κ2) is 6.33. The largest absolute Gasteiger partial charge is 0.493 e. The molecule has 19 heavy (non-hydrogen) atoms. The Kier molecular flexibility index (Phi) is 5.53. The monoisotopic (exact) mass is 370 g/mol. The van der Waals surface area contributed by atoms with Crippen molar-refractivity contribution in [3.8, 4) is 11.5 Å². The van der Waals surface area contributed by atoms with Gasteiger partial charge in [-0.1, -0.05) is 19.9 Å². The number of hydrogen-bond donors (Lipinski definition) is 0. The molecule has 0 unspecified atom stereocenters. The fourth-order valence-corrected chi connectivity index (χ4v) is 3.93. The summed E-state index contributed by atoms with van der Waals surface area (Å²) in [5, 5.41) is 0. The zero-order valence-electron chi connectivity index (χ0n) is 10.9. The highest BCUT2D eigenvalue weighted by Gasteiger charge is 2.26. The lowest BCUT2D eigenvalue weighted by Crippen LogP contribution is -2.28. The third-order valence-corrected chi connectivity index (χ3v) is 4.40. The van der Waals surface area contributed by atoms with E-state index in [1.165, 1.54) is 0 Å². The van der Waals surface area contributed by atoms with E-state index in [1.54, 1.807) is 27.0 Å². The van der Waals surface area contributed by atoms with E-state index >= 15 is 0 Å². The van der Waals surface area contributed by atoms with Crippen LogP contribution >= 0.6 is 26.6 Å². The minimum absolute atomic E-state index is 0.158. The van der Waals surface area contributed by atoms with Crippen molar-refractivity contribution >= 4 is 35.7 Å². The topological polar surface area (TPSA) is 52.6 Å². The number of ether oxygens (including phenoxy) is 2. The van der Waals surface area contributed by atoms with Crippen molar-refractivity contribution in [2.24, 2.45) is 5.41 Å². The Labute approximate surface area is 126 Å². The molecule has 0 spiro atoms. The number of rotatable bonds is 6. The summed E-state index contributed by atoms with van der Waals surface area (Å²) in [4.78, 5) is 0. The Morgan fingerprint density at radius 1 is 1.37 bits per heavy atom. The van der Waals surface area contributed by atoms with Crippen molar-refractivity contribution in [2.45, 2.75) is 13.8 Å². The Morgan fingerprint density at radius 2 is 2.00 bits per heavy atom. The maximum atomic E-state index is 11.1. The first-order valence-corrected chi connectivity index (χ1v) is 8.79. The van der Waals surface area contributed by atoms with E-state index in [0.717, 1.165) is 4.47 Å². The molecule has 4 nitrogen and oxygen atoms in total. The van der Waals surface area contributed by atoms with Crippen molar-refractivity contribution in [3.63, 3.8) is 0 Å².